The predicted molar refractivity (Wildman–Crippen MR) is 474 cm³/mol. The Morgan fingerprint density at radius 3 is 1.06 bits per heavy atom. The highest BCUT2D eigenvalue weighted by molar-refractivity contribution is 5.77. The van der Waals surface area contributed by atoms with E-state index >= 15 is 0 Å². The average Bonchev–Trinajstić information content (AvgIpc) is 1.59. The van der Waals surface area contributed by atoms with E-state index in [1.165, 1.54) is 55.6 Å². The van der Waals surface area contributed by atoms with Gasteiger partial charge in [0.2, 0.25) is 0 Å². The van der Waals surface area contributed by atoms with Gasteiger partial charge in [0.1, 0.15) is 113 Å². The van der Waals surface area contributed by atoms with E-state index in [0.29, 0.717) is 139 Å². The average molecular weight is 2070 g/mol. The second kappa shape index (κ2) is 63.8. The van der Waals surface area contributed by atoms with Crippen LogP contribution in [0.1, 0.15) is 74.1 Å². The molecule has 57 heteroatoms. The Labute approximate surface area is 823 Å². The second-order valence-corrected chi connectivity index (χ2v) is 34.9. The van der Waals surface area contributed by atoms with Crippen molar-refractivity contribution in [3.63, 3.8) is 0 Å². The molecule has 15 N–H and O–H groups in total. The number of carbonyl (C=O) groups excluding carboxylic acids is 7. The third-order valence-electron chi connectivity index (χ3n) is 23.9. The van der Waals surface area contributed by atoms with E-state index in [1.54, 1.807) is 0 Å². The van der Waals surface area contributed by atoms with Gasteiger partial charge in [-0.1, -0.05) is 21.3 Å². The van der Waals surface area contributed by atoms with Crippen LogP contribution in [0, 0.1) is 36.0 Å². The number of nitrogens with two attached hydrogens (primary N) is 1. The molecular weight excluding hydrogens is 1920 g/mol. The standard InChI is InChI=1S/C19H30O9.C18H31N3O9.C18H33NO9.C16H22O9.C8H15N3O6.C7H11N3O5/c1-3-4-23-5-6-24-7-8-25-9-10-26-12-19-13-27-18(28-19)15(11-14(2)20)16(21)17(19)22;1-13(22)10-14-15(23)16(24)18(12-29-17(14)30-18)11-28-9-8-27-7-6-26-5-4-25-3-2-20-21-19;1-13(20)10-14-15(21)16(22)18(12-27-17(14)28-18)11-26-9-8-25-7-6-24-5-4-23-3-2-19;1-8(17)5-12-13(23-10(3)19)14(24-11(4)20)16(6-21-9(2)18)7-22-15(12)25-16;1-16-7-4(10-11-9)5(14)6(15)8(2-12,3-13)17-7;8-10-9-3-4(12)5(13)7(1-11)2-14-6(3)15-7/h1,15-18,21-22H,4-13H2,2H3;14-17,23-24H,2-12H2,1H3;14-17,21-22H,2-12,19H2,1H3;12-15H,5-7H2,1-4H3;4-7,12-15H,2-3H2,1H3;3-6,11-13H,1-2H2/t15-,16-,17-,18+,19+;2*14-,15-,16-,17+,18+;12-,13-,14-,15+,16+;4-,5-,6-,7-;3-,4-,5-,6+,7+/m111111/s1. The Bertz CT molecular complexity index is 4010. The van der Waals surface area contributed by atoms with Crippen LogP contribution in [0.5, 0.6) is 0 Å². The van der Waals surface area contributed by atoms with Crippen molar-refractivity contribution in [2.24, 2.45) is 44.7 Å². The molecule has 11 rings (SSSR count). The number of nitrogens with zero attached hydrogens (tertiary/aromatic N) is 9. The number of ether oxygens (including phenoxy) is 27. The fourth-order valence-corrected chi connectivity index (χ4v) is 16.6. The van der Waals surface area contributed by atoms with Crippen LogP contribution in [-0.2, 0) is 161 Å². The number of ketones is 4. The number of fused-ring (bicyclic) bond motifs is 10. The summed E-state index contributed by atoms with van der Waals surface area (Å²) in [5.41, 5.74) is 22.3. The molecule has 0 aromatic carbocycles. The molecule has 11 heterocycles. The minimum atomic E-state index is -1.75. The molecular formula is C86H142N10O47. The molecule has 57 nitrogen and oxygen atoms in total. The van der Waals surface area contributed by atoms with Crippen molar-refractivity contribution in [2.45, 2.75) is 231 Å². The highest BCUT2D eigenvalue weighted by Crippen LogP contribution is 2.48. The SMILES string of the molecule is C#CCOCCOCCOCCOC[C@@]12CO[C@@H](O1)[C@H](CC(C)=O)[C@@H](O)[C@H]2O.CC(=O)C[C@H]1[C@H]2OC[C@](COC(C)=O)(O2)[C@H](OC(C)=O)[C@@H]1OC(C)=O.CC(=O)C[C@H]1[C@H]2OC[C@](COCCOCCOCCOCCN)(O2)[C@H](O)[C@@H]1O.CC(=O)C[C@H]1[C@H]2OC[C@](COCCOCCOCCOCCN=[N+]=[N-])(O2)[C@H](O)[C@@H]1O.CO[C@@H]1OC(CO)(CO)[C@H](O)[C@H](O)[C@H]1N=[N+]=[N-].[N-]=[N+]=N[C@H]1[C@H]2OC[C@](CO)(O2)[C@H](O)[C@@H]1O. The molecule has 0 aliphatic carbocycles. The first-order chi connectivity index (χ1) is 68.3. The van der Waals surface area contributed by atoms with Crippen molar-refractivity contribution in [1.29, 1.82) is 0 Å². The number of esters is 3. The molecule has 0 saturated carbocycles. The van der Waals surface area contributed by atoms with Gasteiger partial charge < -0.3 is 219 Å². The van der Waals surface area contributed by atoms with Crippen LogP contribution in [0.15, 0.2) is 15.3 Å². The Kier molecular flexibility index (Phi) is 55.6. The molecule has 0 unspecified atom stereocenters. The first-order valence-corrected chi connectivity index (χ1v) is 46.3. The largest absolute Gasteiger partial charge is 0.463 e. The number of hydrogen-bond donors (Lipinski definition) is 14. The zero-order valence-corrected chi connectivity index (χ0v) is 81.3. The maximum Gasteiger partial charge on any atom is 0.303 e. The third-order valence-corrected chi connectivity index (χ3v) is 23.9. The van der Waals surface area contributed by atoms with Gasteiger partial charge in [-0.25, -0.2) is 0 Å². The molecule has 11 fully saturated rings. The topological polar surface area (TPSA) is 804 Å². The Balaban J connectivity index is 0.000000266. The fraction of sp³-hybridized carbons (Fsp3) is 0.895. The van der Waals surface area contributed by atoms with Crippen LogP contribution in [-0.4, -0.2) is 502 Å². The Morgan fingerprint density at radius 1 is 0.378 bits per heavy atom. The molecule has 0 aromatic rings. The van der Waals surface area contributed by atoms with Gasteiger partial charge in [-0.05, 0) is 44.3 Å². The number of Topliss-reactive ketones (excluding diaryl/α,β-unsaturated/α-hetero) is 4. The van der Waals surface area contributed by atoms with E-state index in [1.807, 2.05) is 0 Å². The first kappa shape index (κ1) is 125. The number of aliphatic hydroxyl groups excluding tert-OH is 13. The van der Waals surface area contributed by atoms with E-state index in [-0.39, 0.29) is 121 Å². The van der Waals surface area contributed by atoms with E-state index in [0.717, 1.165) is 0 Å². The van der Waals surface area contributed by atoms with Gasteiger partial charge in [0.05, 0.1) is 241 Å². The lowest BCUT2D eigenvalue weighted by Gasteiger charge is -2.46. The molecule has 818 valence electrons. The van der Waals surface area contributed by atoms with Gasteiger partial charge in [0.15, 0.2) is 49.4 Å². The molecule has 143 heavy (non-hydrogen) atoms. The Hall–Kier alpha value is -6.94. The van der Waals surface area contributed by atoms with E-state index in [2.05, 4.69) is 36.0 Å². The number of methoxy groups -OCH3 is 1. The molecule has 11 aliphatic heterocycles. The lowest BCUT2D eigenvalue weighted by Crippen LogP contribution is -2.67. The maximum atomic E-state index is 11.6. The molecule has 0 amide bonds. The summed E-state index contributed by atoms with van der Waals surface area (Å²) in [6.45, 7) is 16.7. The zero-order chi connectivity index (χ0) is 106. The summed E-state index contributed by atoms with van der Waals surface area (Å²) in [6, 6.07) is -2.15. The number of azide groups is 3. The van der Waals surface area contributed by atoms with Crippen molar-refractivity contribution in [3.05, 3.63) is 31.3 Å². The quantitative estimate of drug-likeness (QED) is 0.00513. The normalized spacial score (nSPS) is 34.1. The van der Waals surface area contributed by atoms with Gasteiger partial charge >= 0.3 is 17.9 Å². The van der Waals surface area contributed by atoms with Crippen LogP contribution in [0.3, 0.4) is 0 Å². The van der Waals surface area contributed by atoms with Gasteiger partial charge in [0.25, 0.3) is 0 Å². The van der Waals surface area contributed by atoms with Crippen molar-refractivity contribution in [3.8, 4) is 12.3 Å². The summed E-state index contributed by atoms with van der Waals surface area (Å²) in [5.74, 6) is -2.24. The summed E-state index contributed by atoms with van der Waals surface area (Å²) >= 11 is 0. The number of aliphatic hydroxyl groups is 13. The van der Waals surface area contributed by atoms with E-state index in [4.69, 9.17) is 172 Å². The van der Waals surface area contributed by atoms with Crippen molar-refractivity contribution >= 4 is 41.0 Å². The lowest BCUT2D eigenvalue weighted by atomic mass is 9.82. The number of hydrogen-bond acceptors (Lipinski definition) is 51. The Morgan fingerprint density at radius 2 is 0.706 bits per heavy atom. The third kappa shape index (κ3) is 36.8. The summed E-state index contributed by atoms with van der Waals surface area (Å²) in [7, 11) is 1.24. The smallest absolute Gasteiger partial charge is 0.303 e. The molecule has 10 bridgehead atoms. The van der Waals surface area contributed by atoms with Gasteiger partial charge in [-0.15, -0.1) is 6.42 Å². The molecule has 11 aliphatic rings. The number of rotatable bonds is 57. The number of carbonyl (C=O) groups is 7. The molecule has 11 saturated heterocycles. The minimum absolute atomic E-state index is 0.0179. The molecule has 0 spiro atoms. The van der Waals surface area contributed by atoms with Crippen molar-refractivity contribution < 1.29 is 228 Å². The zero-order valence-electron chi connectivity index (χ0n) is 81.3. The second-order valence-electron chi connectivity index (χ2n) is 34.9. The number of terminal acetylenes is 1. The molecule has 0 radical (unpaired) electrons. The molecule has 0 aromatic heterocycles. The highest BCUT2D eigenvalue weighted by Gasteiger charge is 2.66. The lowest BCUT2D eigenvalue weighted by molar-refractivity contribution is -0.311. The van der Waals surface area contributed by atoms with Crippen molar-refractivity contribution in [1.82, 2.24) is 0 Å². The van der Waals surface area contributed by atoms with Crippen LogP contribution >= 0.6 is 0 Å². The maximum absolute atomic E-state index is 11.6. The van der Waals surface area contributed by atoms with Gasteiger partial charge in [-0.2, -0.15) is 0 Å². The van der Waals surface area contributed by atoms with E-state index in [9.17, 15) is 84.6 Å². The molecule has 29 atom stereocenters. The van der Waals surface area contributed by atoms with Crippen LogP contribution in [0.4, 0.5) is 0 Å². The monoisotopic (exact) mass is 2070 g/mol. The van der Waals surface area contributed by atoms with E-state index < -0.39 is 218 Å². The first-order valence-electron chi connectivity index (χ1n) is 46.3. The summed E-state index contributed by atoms with van der Waals surface area (Å²) < 4.78 is 146. The van der Waals surface area contributed by atoms with Gasteiger partial charge in [-0.3, -0.25) is 14.4 Å². The predicted octanol–water partition coefficient (Wildman–Crippen LogP) is -5.86. The van der Waals surface area contributed by atoms with Crippen molar-refractivity contribution in [2.75, 3.05) is 238 Å². The summed E-state index contributed by atoms with van der Waals surface area (Å²) in [4.78, 5) is 87.7. The minimum Gasteiger partial charge on any atom is -0.463 e. The van der Waals surface area contributed by atoms with Crippen LogP contribution < -0.4 is 5.73 Å². The van der Waals surface area contributed by atoms with Gasteiger partial charge in [0, 0.05) is 99.1 Å². The van der Waals surface area contributed by atoms with Crippen LogP contribution in [0.2, 0.25) is 0 Å². The van der Waals surface area contributed by atoms with Crippen LogP contribution in [0.25, 0.3) is 31.3 Å². The fourth-order valence-electron chi connectivity index (χ4n) is 16.6. The highest BCUT2D eigenvalue weighted by atomic mass is 16.8. The summed E-state index contributed by atoms with van der Waals surface area (Å²) in [5, 5.41) is 139. The summed E-state index contributed by atoms with van der Waals surface area (Å²) in [6.07, 6.45) is -14.4.